The molecule has 3 rings (SSSR count). The molecule has 15 atom stereocenters. The number of nitrogens with one attached hydrogen (secondary N) is 14. The van der Waals surface area contributed by atoms with Gasteiger partial charge in [0.2, 0.25) is 76.8 Å². The van der Waals surface area contributed by atoms with Gasteiger partial charge in [-0.3, -0.25) is 71.9 Å². The Morgan fingerprint density at radius 2 is 0.855 bits per heavy atom. The van der Waals surface area contributed by atoms with Gasteiger partial charge in [0, 0.05) is 36.4 Å². The third kappa shape index (κ3) is 31.8. The minimum absolute atomic E-state index is 0.109. The lowest BCUT2D eigenvalue weighted by Crippen LogP contribution is -2.62. The molecule has 0 spiro atoms. The zero-order valence-corrected chi connectivity index (χ0v) is 63.9. The molecule has 2 aromatic carbocycles. The SMILES string of the molecule is CC[C@@H](C)CC[C@@H](O)CC(=O)N[C@@H](C(=O)N[C@H](CCN)C(=O)NCC(=O)N[C@H](CO)C(=O)N[C@H](Cc1c[nH]c2ccccc12)C(=O)N[C@@H](CO)C(=O)N[C@@H](CCN)C(=O)N[C@H](CCN)C(=O)N[C@@H](Cc1ccccc1)C(=O)N[C@@H](CCC(=O)O)C(=O)N[C@H](C(=O)N[C@@H](C(=O)N[C@@H](C)C(=O)O)[C@@H](C)CC)C(C)C)C(C)C. The Labute approximate surface area is 638 Å². The van der Waals surface area contributed by atoms with Gasteiger partial charge in [0.05, 0.1) is 32.3 Å². The highest BCUT2D eigenvalue weighted by Crippen LogP contribution is 2.21. The molecule has 13 amide bonds. The lowest BCUT2D eigenvalue weighted by molar-refractivity contribution is -0.142. The molecule has 0 aliphatic heterocycles. The van der Waals surface area contributed by atoms with Crippen LogP contribution >= 0.6 is 0 Å². The number of aromatic amines is 1. The van der Waals surface area contributed by atoms with Crippen molar-refractivity contribution in [3.63, 3.8) is 0 Å². The van der Waals surface area contributed by atoms with E-state index in [0.717, 1.165) is 6.42 Å². The second-order valence-corrected chi connectivity index (χ2v) is 28.0. The van der Waals surface area contributed by atoms with Crippen molar-refractivity contribution in [2.45, 2.75) is 218 Å². The number of aliphatic hydroxyl groups excluding tert-OH is 3. The summed E-state index contributed by atoms with van der Waals surface area (Å²) in [6.07, 6.45) is 0.102. The van der Waals surface area contributed by atoms with Gasteiger partial charge in [-0.2, -0.15) is 0 Å². The maximum Gasteiger partial charge on any atom is 0.325 e. The van der Waals surface area contributed by atoms with Crippen LogP contribution in [0.3, 0.4) is 0 Å². The number of para-hydroxylation sites is 1. The van der Waals surface area contributed by atoms with E-state index >= 15 is 0 Å². The van der Waals surface area contributed by atoms with E-state index in [0.29, 0.717) is 47.2 Å². The number of carboxylic acids is 2. The predicted molar refractivity (Wildman–Crippen MR) is 402 cm³/mol. The van der Waals surface area contributed by atoms with Gasteiger partial charge in [-0.15, -0.1) is 0 Å². The summed E-state index contributed by atoms with van der Waals surface area (Å²) in [4.78, 5) is 207. The van der Waals surface area contributed by atoms with Crippen LogP contribution in [0.4, 0.5) is 0 Å². The first-order chi connectivity index (χ1) is 52.1. The summed E-state index contributed by atoms with van der Waals surface area (Å²) in [5.41, 5.74) is 19.2. The molecule has 3 aromatic rings. The van der Waals surface area contributed by atoms with Gasteiger partial charge < -0.3 is 117 Å². The van der Waals surface area contributed by atoms with E-state index in [1.807, 2.05) is 13.8 Å². The van der Waals surface area contributed by atoms with Crippen LogP contribution < -0.4 is 86.3 Å². The van der Waals surface area contributed by atoms with Crippen LogP contribution in [0.2, 0.25) is 0 Å². The van der Waals surface area contributed by atoms with E-state index in [2.05, 4.69) is 74.1 Å². The molecule has 612 valence electrons. The summed E-state index contributed by atoms with van der Waals surface area (Å²) in [5.74, 6) is -16.6. The second-order valence-electron chi connectivity index (χ2n) is 28.0. The number of carbonyl (C=O) groups excluding carboxylic acids is 13. The third-order valence-corrected chi connectivity index (χ3v) is 18.4. The van der Waals surface area contributed by atoms with E-state index in [4.69, 9.17) is 17.2 Å². The topological polar surface area (TPSA) is 607 Å². The van der Waals surface area contributed by atoms with Gasteiger partial charge in [0.1, 0.15) is 72.5 Å². The Hall–Kier alpha value is -10.2. The van der Waals surface area contributed by atoms with Gasteiger partial charge in [0.25, 0.3) is 0 Å². The van der Waals surface area contributed by atoms with Crippen molar-refractivity contribution in [2.24, 2.45) is 40.9 Å². The number of hydrogen-bond donors (Lipinski definition) is 22. The first-order valence-corrected chi connectivity index (χ1v) is 37.0. The smallest absolute Gasteiger partial charge is 0.325 e. The zero-order chi connectivity index (χ0) is 82.5. The van der Waals surface area contributed by atoms with Crippen LogP contribution in [0.5, 0.6) is 0 Å². The fourth-order valence-corrected chi connectivity index (χ4v) is 11.3. The van der Waals surface area contributed by atoms with Gasteiger partial charge in [-0.05, 0) is 106 Å². The summed E-state index contributed by atoms with van der Waals surface area (Å²) in [5, 5.41) is 83.3. The van der Waals surface area contributed by atoms with Gasteiger partial charge in [-0.25, -0.2) is 0 Å². The molecule has 0 aliphatic carbocycles. The third-order valence-electron chi connectivity index (χ3n) is 18.4. The summed E-state index contributed by atoms with van der Waals surface area (Å²) >= 11 is 0. The first kappa shape index (κ1) is 94.0. The number of hydrogen-bond acceptors (Lipinski definition) is 21. The molecule has 0 unspecified atom stereocenters. The number of carbonyl (C=O) groups is 15. The molecule has 0 aliphatic rings. The highest BCUT2D eigenvalue weighted by molar-refractivity contribution is 6.00. The standard InChI is InChI=1S/C73H115N17O20/c1-10-40(7)21-22-45(93)33-56(94)88-59(38(3)4)70(106)84-49(25-28-74)62(98)78-35-57(95)80-54(36-91)68(104)86-53(32-44-34-77-47-20-16-15-19-46(44)47)67(103)87-55(37-92)69(105)83-50(26-29-75)63(99)82-51(27-30-76)64(100)85-52(31-43-17-13-12-14-18-43)66(102)81-48(23-24-58(96)97)65(101)89-60(39(5)6)71(107)90-61(41(8)11-2)72(108)79-42(9)73(109)110/h12-20,34,38-42,45,48-55,59-61,77,91-93H,10-11,21-33,35-37,74-76H2,1-9H3,(H,78,98)(H,79,108)(H,80,95)(H,81,102)(H,82,99)(H,83,105)(H,84,106)(H,85,100)(H,86,104)(H,87,103)(H,88,94)(H,89,101)(H,90,107)(H,96,97)(H,109,110)/t40-,41+,42+,45-,48+,49-,50+,51-,52+,53-,54-,55+,59-,60+,61-/m1/s1. The molecule has 110 heavy (non-hydrogen) atoms. The number of fused-ring (bicyclic) bond motifs is 1. The molecule has 1 aromatic heterocycles. The van der Waals surface area contributed by atoms with Gasteiger partial charge in [-0.1, -0.05) is 117 Å². The normalized spacial score (nSPS) is 15.4. The number of nitrogens with two attached hydrogens (primary N) is 3. The van der Waals surface area contributed by atoms with E-state index in [9.17, 15) is 97.5 Å². The predicted octanol–water partition coefficient (Wildman–Crippen LogP) is -4.18. The second kappa shape index (κ2) is 48.3. The Morgan fingerprint density at radius 1 is 0.427 bits per heavy atom. The number of aliphatic hydroxyl groups is 3. The monoisotopic (exact) mass is 1550 g/mol. The van der Waals surface area contributed by atoms with E-state index in [1.165, 1.54) is 13.1 Å². The van der Waals surface area contributed by atoms with Gasteiger partial charge in [0.15, 0.2) is 0 Å². The Bertz CT molecular complexity index is 3560. The Balaban J connectivity index is 1.85. The van der Waals surface area contributed by atoms with Crippen molar-refractivity contribution < 1.29 is 97.5 Å². The Morgan fingerprint density at radius 3 is 1.36 bits per heavy atom. The number of rotatable bonds is 51. The molecule has 0 saturated carbocycles. The zero-order valence-electron chi connectivity index (χ0n) is 63.9. The first-order valence-electron chi connectivity index (χ1n) is 37.0. The lowest BCUT2D eigenvalue weighted by atomic mass is 9.96. The van der Waals surface area contributed by atoms with Crippen LogP contribution in [0.15, 0.2) is 60.8 Å². The highest BCUT2D eigenvalue weighted by atomic mass is 16.4. The van der Waals surface area contributed by atoms with Crippen LogP contribution in [0.25, 0.3) is 10.9 Å². The quantitative estimate of drug-likeness (QED) is 0.0255. The number of aromatic nitrogens is 1. The number of aliphatic carboxylic acids is 2. The fourth-order valence-electron chi connectivity index (χ4n) is 11.3. The molecular weight excluding hydrogens is 1430 g/mol. The van der Waals surface area contributed by atoms with Crippen molar-refractivity contribution in [1.82, 2.24) is 74.1 Å². The van der Waals surface area contributed by atoms with Crippen molar-refractivity contribution >= 4 is 99.6 Å². The average Bonchev–Trinajstić information content (AvgIpc) is 1.66. The molecule has 25 N–H and O–H groups in total. The number of benzene rings is 2. The summed E-state index contributed by atoms with van der Waals surface area (Å²) in [6.45, 7) is 11.4. The molecule has 37 nitrogen and oxygen atoms in total. The van der Waals surface area contributed by atoms with Gasteiger partial charge >= 0.3 is 11.9 Å². The maximum atomic E-state index is 14.5. The molecule has 0 saturated heterocycles. The Kier molecular flexibility index (Phi) is 41.3. The van der Waals surface area contributed by atoms with Crippen molar-refractivity contribution in [3.8, 4) is 0 Å². The van der Waals surface area contributed by atoms with Crippen LogP contribution in [0, 0.1) is 23.7 Å². The highest BCUT2D eigenvalue weighted by Gasteiger charge is 2.38. The number of H-pyrrole nitrogens is 1. The number of carboxylic acid groups (broad SMARTS) is 2. The average molecular weight is 1550 g/mol. The molecule has 0 fully saturated rings. The number of amides is 13. The van der Waals surface area contributed by atoms with Crippen molar-refractivity contribution in [2.75, 3.05) is 39.4 Å². The molecule has 0 radical (unpaired) electrons. The molecule has 0 bridgehead atoms. The van der Waals surface area contributed by atoms with Crippen LogP contribution in [-0.4, -0.2) is 237 Å². The minimum Gasteiger partial charge on any atom is -0.481 e. The summed E-state index contributed by atoms with van der Waals surface area (Å²) in [7, 11) is 0. The van der Waals surface area contributed by atoms with E-state index < -0.39 is 218 Å². The van der Waals surface area contributed by atoms with Crippen molar-refractivity contribution in [1.29, 1.82) is 0 Å². The van der Waals surface area contributed by atoms with Crippen molar-refractivity contribution in [3.05, 3.63) is 71.9 Å². The molecule has 1 heterocycles. The van der Waals surface area contributed by atoms with E-state index in [-0.39, 0.29) is 58.2 Å². The summed E-state index contributed by atoms with van der Waals surface area (Å²) < 4.78 is 0. The summed E-state index contributed by atoms with van der Waals surface area (Å²) in [6, 6.07) is -3.23. The van der Waals surface area contributed by atoms with Crippen LogP contribution in [-0.2, 0) is 84.8 Å². The van der Waals surface area contributed by atoms with E-state index in [1.54, 1.807) is 96.1 Å². The minimum atomic E-state index is -1.88. The fraction of sp³-hybridized carbons (Fsp3) is 0.603. The largest absolute Gasteiger partial charge is 0.481 e. The maximum absolute atomic E-state index is 14.5. The molecule has 37 heteroatoms. The molecular formula is C73H115N17O20. The lowest BCUT2D eigenvalue weighted by Gasteiger charge is -2.30. The van der Waals surface area contributed by atoms with Crippen LogP contribution in [0.1, 0.15) is 138 Å².